The van der Waals surface area contributed by atoms with E-state index in [-0.39, 0.29) is 0 Å². The van der Waals surface area contributed by atoms with Crippen LogP contribution in [-0.2, 0) is 0 Å². The Morgan fingerprint density at radius 2 is 1.93 bits per heavy atom. The molecule has 3 nitrogen and oxygen atoms in total. The van der Waals surface area contributed by atoms with Crippen molar-refractivity contribution in [3.05, 3.63) is 40.1 Å². The third-order valence-electron chi connectivity index (χ3n) is 2.01. The third kappa shape index (κ3) is 2.26. The monoisotopic (exact) mass is 311 g/mol. The van der Waals surface area contributed by atoms with Gasteiger partial charge < -0.3 is 5.32 Å². The number of aromatic nitrogens is 2. The summed E-state index contributed by atoms with van der Waals surface area (Å²) < 4.78 is 1.02. The molecule has 0 radical (unpaired) electrons. The molecule has 0 amide bonds. The maximum absolute atomic E-state index is 4.43. The Kier molecular flexibility index (Phi) is 3.15. The Morgan fingerprint density at radius 3 is 2.60 bits per heavy atom. The van der Waals surface area contributed by atoms with Gasteiger partial charge in [-0.3, -0.25) is 0 Å². The fourth-order valence-corrected chi connectivity index (χ4v) is 1.80. The molecule has 1 heterocycles. The summed E-state index contributed by atoms with van der Waals surface area (Å²) in [4.78, 5) is 8.73. The Balaban J connectivity index is 2.46. The van der Waals surface area contributed by atoms with E-state index in [1.165, 1.54) is 0 Å². The van der Waals surface area contributed by atoms with Crippen LogP contribution in [0.15, 0.2) is 36.5 Å². The molecule has 76 valence electrons. The summed E-state index contributed by atoms with van der Waals surface area (Å²) in [6.45, 7) is 0. The van der Waals surface area contributed by atoms with Crippen molar-refractivity contribution in [2.75, 3.05) is 12.4 Å². The van der Waals surface area contributed by atoms with Gasteiger partial charge >= 0.3 is 0 Å². The molecular formula is C11H10IN3. The van der Waals surface area contributed by atoms with Gasteiger partial charge in [0.25, 0.3) is 0 Å². The molecule has 4 heteroatoms. The third-order valence-corrected chi connectivity index (χ3v) is 2.80. The molecule has 2 rings (SSSR count). The number of benzene rings is 1. The Morgan fingerprint density at radius 1 is 1.20 bits per heavy atom. The lowest BCUT2D eigenvalue weighted by molar-refractivity contribution is 1.15. The number of hydrogen-bond donors (Lipinski definition) is 1. The van der Waals surface area contributed by atoms with Gasteiger partial charge in [0.1, 0.15) is 5.82 Å². The highest BCUT2D eigenvalue weighted by Crippen LogP contribution is 2.19. The molecule has 0 saturated heterocycles. The molecule has 0 atom stereocenters. The summed E-state index contributed by atoms with van der Waals surface area (Å²) in [7, 11) is 1.86. The zero-order chi connectivity index (χ0) is 10.7. The molecule has 0 aliphatic rings. The maximum atomic E-state index is 4.43. The van der Waals surface area contributed by atoms with E-state index < -0.39 is 0 Å². The van der Waals surface area contributed by atoms with Crippen molar-refractivity contribution in [1.82, 2.24) is 9.97 Å². The highest BCUT2D eigenvalue weighted by atomic mass is 127. The van der Waals surface area contributed by atoms with E-state index in [1.807, 2.05) is 43.6 Å². The van der Waals surface area contributed by atoms with Crippen LogP contribution in [0.2, 0.25) is 0 Å². The van der Waals surface area contributed by atoms with Gasteiger partial charge in [-0.25, -0.2) is 9.97 Å². The average molecular weight is 311 g/mol. The van der Waals surface area contributed by atoms with E-state index in [4.69, 9.17) is 0 Å². The fourth-order valence-electron chi connectivity index (χ4n) is 1.27. The molecule has 0 unspecified atom stereocenters. The molecule has 0 spiro atoms. The zero-order valence-corrected chi connectivity index (χ0v) is 10.4. The summed E-state index contributed by atoms with van der Waals surface area (Å²) in [6, 6.07) is 9.95. The first-order chi connectivity index (χ1) is 7.31. The number of hydrogen-bond acceptors (Lipinski definition) is 3. The predicted molar refractivity (Wildman–Crippen MR) is 69.7 cm³/mol. The number of nitrogens with zero attached hydrogens (tertiary/aromatic N) is 2. The van der Waals surface area contributed by atoms with Crippen LogP contribution >= 0.6 is 22.6 Å². The smallest absolute Gasteiger partial charge is 0.161 e. The van der Waals surface area contributed by atoms with E-state index in [1.54, 1.807) is 0 Å². The lowest BCUT2D eigenvalue weighted by atomic mass is 10.2. The predicted octanol–water partition coefficient (Wildman–Crippen LogP) is 2.79. The van der Waals surface area contributed by atoms with Crippen molar-refractivity contribution in [2.45, 2.75) is 0 Å². The molecule has 1 aromatic heterocycles. The average Bonchev–Trinajstić information content (AvgIpc) is 2.31. The minimum Gasteiger partial charge on any atom is -0.372 e. The van der Waals surface area contributed by atoms with Gasteiger partial charge in [-0.05, 0) is 22.6 Å². The number of nitrogens with one attached hydrogen (secondary N) is 1. The van der Waals surface area contributed by atoms with Crippen molar-refractivity contribution in [3.63, 3.8) is 0 Å². The van der Waals surface area contributed by atoms with Crippen LogP contribution in [0, 0.1) is 3.57 Å². The quantitative estimate of drug-likeness (QED) is 0.867. The molecule has 0 fully saturated rings. The Labute approximate surface area is 102 Å². The number of rotatable bonds is 2. The van der Waals surface area contributed by atoms with Crippen molar-refractivity contribution in [1.29, 1.82) is 0 Å². The van der Waals surface area contributed by atoms with Crippen LogP contribution < -0.4 is 5.32 Å². The van der Waals surface area contributed by atoms with Gasteiger partial charge in [-0.2, -0.15) is 0 Å². The van der Waals surface area contributed by atoms with Gasteiger partial charge in [-0.15, -0.1) is 0 Å². The summed E-state index contributed by atoms with van der Waals surface area (Å²) in [5.74, 6) is 1.62. The topological polar surface area (TPSA) is 37.8 Å². The van der Waals surface area contributed by atoms with Gasteiger partial charge in [0, 0.05) is 18.8 Å². The first-order valence-corrected chi connectivity index (χ1v) is 5.65. The van der Waals surface area contributed by atoms with Crippen LogP contribution in [0.4, 0.5) is 5.82 Å². The molecule has 0 bridgehead atoms. The van der Waals surface area contributed by atoms with Crippen LogP contribution in [0.25, 0.3) is 11.4 Å². The largest absolute Gasteiger partial charge is 0.372 e. The highest BCUT2D eigenvalue weighted by Gasteiger charge is 2.04. The normalized spacial score (nSPS) is 10.0. The van der Waals surface area contributed by atoms with Gasteiger partial charge in [0.05, 0.1) is 3.57 Å². The van der Waals surface area contributed by atoms with Crippen LogP contribution in [-0.4, -0.2) is 17.0 Å². The van der Waals surface area contributed by atoms with Crippen molar-refractivity contribution in [3.8, 4) is 11.4 Å². The van der Waals surface area contributed by atoms with E-state index in [0.29, 0.717) is 0 Å². The van der Waals surface area contributed by atoms with E-state index >= 15 is 0 Å². The second-order valence-corrected chi connectivity index (χ2v) is 4.17. The maximum Gasteiger partial charge on any atom is 0.161 e. The first kappa shape index (κ1) is 10.4. The summed E-state index contributed by atoms with van der Waals surface area (Å²) in [6.07, 6.45) is 1.82. The summed E-state index contributed by atoms with van der Waals surface area (Å²) in [5.41, 5.74) is 1.03. The first-order valence-electron chi connectivity index (χ1n) is 4.57. The molecule has 2 aromatic rings. The molecular weight excluding hydrogens is 301 g/mol. The number of halogens is 1. The molecule has 0 saturated carbocycles. The zero-order valence-electron chi connectivity index (χ0n) is 8.24. The molecule has 1 aromatic carbocycles. The van der Waals surface area contributed by atoms with Crippen molar-refractivity contribution in [2.24, 2.45) is 0 Å². The van der Waals surface area contributed by atoms with Crippen molar-refractivity contribution < 1.29 is 0 Å². The standard InChI is InChI=1S/C11H10IN3/c1-13-11-9(12)7-14-10(15-11)8-5-3-2-4-6-8/h2-7H,1H3,(H,13,14,15). The van der Waals surface area contributed by atoms with Crippen molar-refractivity contribution >= 4 is 28.4 Å². The minimum absolute atomic E-state index is 0.750. The van der Waals surface area contributed by atoms with Crippen LogP contribution in [0.5, 0.6) is 0 Å². The summed E-state index contributed by atoms with van der Waals surface area (Å²) in [5, 5.41) is 3.05. The Bertz CT molecular complexity index is 457. The van der Waals surface area contributed by atoms with Crippen LogP contribution in [0.1, 0.15) is 0 Å². The SMILES string of the molecule is CNc1nc(-c2ccccc2)ncc1I. The van der Waals surface area contributed by atoms with Crippen LogP contribution in [0.3, 0.4) is 0 Å². The van der Waals surface area contributed by atoms with E-state index in [2.05, 4.69) is 37.9 Å². The lowest BCUT2D eigenvalue weighted by Crippen LogP contribution is -1.99. The van der Waals surface area contributed by atoms with Gasteiger partial charge in [0.15, 0.2) is 5.82 Å². The summed E-state index contributed by atoms with van der Waals surface area (Å²) >= 11 is 2.21. The molecule has 0 aliphatic heterocycles. The fraction of sp³-hybridized carbons (Fsp3) is 0.0909. The second kappa shape index (κ2) is 4.57. The van der Waals surface area contributed by atoms with E-state index in [9.17, 15) is 0 Å². The molecule has 15 heavy (non-hydrogen) atoms. The molecule has 1 N–H and O–H groups in total. The Hall–Kier alpha value is -1.17. The van der Waals surface area contributed by atoms with E-state index in [0.717, 1.165) is 20.8 Å². The molecule has 0 aliphatic carbocycles. The second-order valence-electron chi connectivity index (χ2n) is 3.01. The lowest BCUT2D eigenvalue weighted by Gasteiger charge is -2.04. The highest BCUT2D eigenvalue weighted by molar-refractivity contribution is 14.1. The minimum atomic E-state index is 0.750. The van der Waals surface area contributed by atoms with Gasteiger partial charge in [-0.1, -0.05) is 30.3 Å². The van der Waals surface area contributed by atoms with Gasteiger partial charge in [0.2, 0.25) is 0 Å². The number of anilines is 1.